The maximum Gasteiger partial charge on any atom is 0.0487 e. The van der Waals surface area contributed by atoms with Gasteiger partial charge in [-0.1, -0.05) is 25.0 Å². The van der Waals surface area contributed by atoms with Crippen molar-refractivity contribution in [2.24, 2.45) is 0 Å². The monoisotopic (exact) mass is 325 g/mol. The first-order chi connectivity index (χ1) is 8.83. The van der Waals surface area contributed by atoms with Crippen molar-refractivity contribution in [1.29, 1.82) is 0 Å². The molecule has 1 aromatic heterocycles. The molecule has 3 heteroatoms. The Morgan fingerprint density at radius 3 is 2.83 bits per heavy atom. The average molecular weight is 326 g/mol. The zero-order chi connectivity index (χ0) is 12.8. The second kappa shape index (κ2) is 7.27. The van der Waals surface area contributed by atoms with Crippen LogP contribution in [-0.4, -0.2) is 13.6 Å². The number of hydrogen-bond acceptors (Lipinski definition) is 2. The van der Waals surface area contributed by atoms with Gasteiger partial charge < -0.3 is 5.32 Å². The average Bonchev–Trinajstić information content (AvgIpc) is 2.79. The first-order valence-corrected chi connectivity index (χ1v) is 8.29. The van der Waals surface area contributed by atoms with Gasteiger partial charge in [-0.2, -0.15) is 0 Å². The molecule has 1 nitrogen and oxygen atoms in total. The summed E-state index contributed by atoms with van der Waals surface area (Å²) in [6, 6.07) is 6.50. The van der Waals surface area contributed by atoms with Crippen LogP contribution in [0.15, 0.2) is 28.1 Å². The lowest BCUT2D eigenvalue weighted by Gasteiger charge is -2.01. The normalized spacial score (nSPS) is 11.2. The molecule has 0 radical (unpaired) electrons. The molecule has 1 N–H and O–H groups in total. The van der Waals surface area contributed by atoms with Crippen LogP contribution in [-0.2, 0) is 6.42 Å². The van der Waals surface area contributed by atoms with Crippen LogP contribution in [0.5, 0.6) is 0 Å². The molecule has 0 atom stereocenters. The van der Waals surface area contributed by atoms with Gasteiger partial charge in [0.05, 0.1) is 0 Å². The molecule has 2 aromatic rings. The maximum atomic E-state index is 3.62. The number of nitrogens with one attached hydrogen (secondary N) is 1. The Bertz CT molecular complexity index is 492. The topological polar surface area (TPSA) is 12.0 Å². The zero-order valence-corrected chi connectivity index (χ0v) is 13.2. The highest BCUT2D eigenvalue weighted by Crippen LogP contribution is 2.32. The third-order valence-corrected chi connectivity index (χ3v) is 5.26. The van der Waals surface area contributed by atoms with Crippen LogP contribution >= 0.6 is 27.3 Å². The Hall–Kier alpha value is -0.380. The van der Waals surface area contributed by atoms with Crippen molar-refractivity contribution in [2.75, 3.05) is 13.6 Å². The number of rotatable bonds is 7. The van der Waals surface area contributed by atoms with E-state index in [9.17, 15) is 0 Å². The fourth-order valence-corrected chi connectivity index (χ4v) is 3.90. The molecule has 0 aliphatic carbocycles. The minimum atomic E-state index is 1.15. The molecule has 0 bridgehead atoms. The van der Waals surface area contributed by atoms with Gasteiger partial charge in [0, 0.05) is 9.17 Å². The third kappa shape index (κ3) is 3.56. The lowest BCUT2D eigenvalue weighted by molar-refractivity contribution is 0.617. The third-order valence-electron chi connectivity index (χ3n) is 3.25. The molecule has 98 valence electrons. The summed E-state index contributed by atoms with van der Waals surface area (Å²) in [6.45, 7) is 1.15. The van der Waals surface area contributed by atoms with Crippen molar-refractivity contribution in [2.45, 2.75) is 32.1 Å². The first-order valence-electron chi connectivity index (χ1n) is 6.62. The highest BCUT2D eigenvalue weighted by Gasteiger charge is 2.05. The minimum Gasteiger partial charge on any atom is -0.320 e. The lowest BCUT2D eigenvalue weighted by Crippen LogP contribution is -2.06. The van der Waals surface area contributed by atoms with Crippen molar-refractivity contribution in [1.82, 2.24) is 5.32 Å². The van der Waals surface area contributed by atoms with E-state index < -0.39 is 0 Å². The predicted octanol–water partition coefficient (Wildman–Crippen LogP) is 4.99. The molecular weight excluding hydrogens is 306 g/mol. The smallest absolute Gasteiger partial charge is 0.0487 e. The molecule has 0 aliphatic rings. The van der Waals surface area contributed by atoms with Crippen molar-refractivity contribution in [3.8, 4) is 0 Å². The molecule has 0 spiro atoms. The maximum absolute atomic E-state index is 3.62. The standard InChI is InChI=1S/C15H20BrNS/c1-17-10-5-3-2-4-7-12-11-18-15-13(12)8-6-9-14(15)16/h6,8-9,11,17H,2-5,7,10H2,1H3. The number of thiophene rings is 1. The van der Waals surface area contributed by atoms with Crippen LogP contribution in [0.25, 0.3) is 10.1 Å². The number of unbranched alkanes of at least 4 members (excludes halogenated alkanes) is 3. The first kappa shape index (κ1) is 14.0. The van der Waals surface area contributed by atoms with Gasteiger partial charge in [0.2, 0.25) is 0 Å². The summed E-state index contributed by atoms with van der Waals surface area (Å²) in [4.78, 5) is 0. The summed E-state index contributed by atoms with van der Waals surface area (Å²) in [7, 11) is 2.02. The summed E-state index contributed by atoms with van der Waals surface area (Å²) >= 11 is 5.48. The summed E-state index contributed by atoms with van der Waals surface area (Å²) in [5.74, 6) is 0. The molecule has 0 fully saturated rings. The fraction of sp³-hybridized carbons (Fsp3) is 0.467. The van der Waals surface area contributed by atoms with E-state index in [4.69, 9.17) is 0 Å². The molecule has 0 aliphatic heterocycles. The van der Waals surface area contributed by atoms with Gasteiger partial charge in [-0.05, 0) is 71.2 Å². The van der Waals surface area contributed by atoms with E-state index in [2.05, 4.69) is 44.8 Å². The van der Waals surface area contributed by atoms with Gasteiger partial charge in [-0.15, -0.1) is 11.3 Å². The predicted molar refractivity (Wildman–Crippen MR) is 85.6 cm³/mol. The Balaban J connectivity index is 1.86. The van der Waals surface area contributed by atoms with Crippen LogP contribution in [0.1, 0.15) is 31.2 Å². The Morgan fingerprint density at radius 2 is 2.00 bits per heavy atom. The largest absolute Gasteiger partial charge is 0.320 e. The number of hydrogen-bond donors (Lipinski definition) is 1. The lowest BCUT2D eigenvalue weighted by atomic mass is 10.1. The second-order valence-corrected chi connectivity index (χ2v) is 6.38. The van der Waals surface area contributed by atoms with Gasteiger partial charge in [0.25, 0.3) is 0 Å². The van der Waals surface area contributed by atoms with E-state index in [0.717, 1.165) is 6.54 Å². The van der Waals surface area contributed by atoms with E-state index in [1.807, 2.05) is 18.4 Å². The van der Waals surface area contributed by atoms with E-state index >= 15 is 0 Å². The van der Waals surface area contributed by atoms with Crippen molar-refractivity contribution in [3.63, 3.8) is 0 Å². The van der Waals surface area contributed by atoms with Gasteiger partial charge in [-0.3, -0.25) is 0 Å². The Kier molecular flexibility index (Phi) is 5.67. The van der Waals surface area contributed by atoms with Crippen molar-refractivity contribution in [3.05, 3.63) is 33.6 Å². The molecule has 0 saturated heterocycles. The molecule has 0 unspecified atom stereocenters. The highest BCUT2D eigenvalue weighted by molar-refractivity contribution is 9.10. The number of aryl methyl sites for hydroxylation is 1. The molecule has 1 aromatic carbocycles. The van der Waals surface area contributed by atoms with Crippen LogP contribution < -0.4 is 5.32 Å². The number of halogens is 1. The summed E-state index contributed by atoms with van der Waals surface area (Å²) in [5, 5.41) is 6.96. The molecule has 0 saturated carbocycles. The molecule has 18 heavy (non-hydrogen) atoms. The molecule has 0 amide bonds. The van der Waals surface area contributed by atoms with E-state index in [-0.39, 0.29) is 0 Å². The van der Waals surface area contributed by atoms with Crippen LogP contribution in [0.3, 0.4) is 0 Å². The number of benzene rings is 1. The number of fused-ring (bicyclic) bond motifs is 1. The van der Waals surface area contributed by atoms with E-state index in [1.54, 1.807) is 0 Å². The van der Waals surface area contributed by atoms with Gasteiger partial charge in [0.1, 0.15) is 0 Å². The van der Waals surface area contributed by atoms with Crippen molar-refractivity contribution < 1.29 is 0 Å². The quantitative estimate of drug-likeness (QED) is 0.707. The van der Waals surface area contributed by atoms with Crippen LogP contribution in [0.2, 0.25) is 0 Å². The van der Waals surface area contributed by atoms with Crippen molar-refractivity contribution >= 4 is 37.4 Å². The highest BCUT2D eigenvalue weighted by atomic mass is 79.9. The van der Waals surface area contributed by atoms with E-state index in [1.165, 1.54) is 52.2 Å². The Morgan fingerprint density at radius 1 is 1.17 bits per heavy atom. The van der Waals surface area contributed by atoms with E-state index in [0.29, 0.717) is 0 Å². The Labute approximate surface area is 122 Å². The molecular formula is C15H20BrNS. The van der Waals surface area contributed by atoms with Crippen LogP contribution in [0.4, 0.5) is 0 Å². The van der Waals surface area contributed by atoms with Gasteiger partial charge in [-0.25, -0.2) is 0 Å². The molecule has 1 heterocycles. The zero-order valence-electron chi connectivity index (χ0n) is 10.8. The minimum absolute atomic E-state index is 1.15. The fourth-order valence-electron chi connectivity index (χ4n) is 2.24. The molecule has 2 rings (SSSR count). The summed E-state index contributed by atoms with van der Waals surface area (Å²) in [5.41, 5.74) is 1.52. The van der Waals surface area contributed by atoms with Gasteiger partial charge in [0.15, 0.2) is 0 Å². The SMILES string of the molecule is CNCCCCCCc1csc2c(Br)cccc12. The second-order valence-electron chi connectivity index (χ2n) is 4.65. The summed E-state index contributed by atoms with van der Waals surface area (Å²) < 4.78 is 2.62. The summed E-state index contributed by atoms with van der Waals surface area (Å²) in [6.07, 6.45) is 6.50. The van der Waals surface area contributed by atoms with Gasteiger partial charge >= 0.3 is 0 Å². The van der Waals surface area contributed by atoms with Crippen LogP contribution in [0, 0.1) is 0 Å².